The Morgan fingerprint density at radius 1 is 1.22 bits per heavy atom. The van der Waals surface area contributed by atoms with Crippen LogP contribution in [0.4, 0.5) is 0 Å². The molecule has 2 aromatic heterocycles. The second-order valence-corrected chi connectivity index (χ2v) is 6.02. The van der Waals surface area contributed by atoms with E-state index >= 15 is 0 Å². The zero-order valence-corrected chi connectivity index (χ0v) is 11.8. The Labute approximate surface area is 115 Å². The zero-order valence-electron chi connectivity index (χ0n) is 10.2. The van der Waals surface area contributed by atoms with Crippen LogP contribution in [0.15, 0.2) is 5.38 Å². The van der Waals surface area contributed by atoms with E-state index in [9.17, 15) is 0 Å². The number of aromatic nitrogens is 3. The molecule has 1 aliphatic rings. The Morgan fingerprint density at radius 3 is 2.83 bits per heavy atom. The van der Waals surface area contributed by atoms with Crippen molar-refractivity contribution in [1.82, 2.24) is 15.0 Å². The van der Waals surface area contributed by atoms with Crippen LogP contribution in [0.25, 0.3) is 0 Å². The summed E-state index contributed by atoms with van der Waals surface area (Å²) in [4.78, 5) is 13.5. The Kier molecular flexibility index (Phi) is 3.31. The lowest BCUT2D eigenvalue weighted by Crippen LogP contribution is -2.10. The van der Waals surface area contributed by atoms with Crippen molar-refractivity contribution in [2.45, 2.75) is 39.0 Å². The van der Waals surface area contributed by atoms with Gasteiger partial charge < -0.3 is 0 Å². The van der Waals surface area contributed by atoms with E-state index in [2.05, 4.69) is 20.3 Å². The summed E-state index contributed by atoms with van der Waals surface area (Å²) in [6.07, 6.45) is 5.12. The summed E-state index contributed by atoms with van der Waals surface area (Å²) in [5.74, 6) is 0.797. The molecule has 0 aromatic carbocycles. The van der Waals surface area contributed by atoms with Crippen molar-refractivity contribution in [3.8, 4) is 0 Å². The van der Waals surface area contributed by atoms with Gasteiger partial charge in [0.15, 0.2) is 0 Å². The smallest absolute Gasteiger partial charge is 0.136 e. The van der Waals surface area contributed by atoms with Crippen LogP contribution in [0.1, 0.15) is 40.6 Å². The highest BCUT2D eigenvalue weighted by molar-refractivity contribution is 7.09. The lowest BCUT2D eigenvalue weighted by atomic mass is 9.97. The summed E-state index contributed by atoms with van der Waals surface area (Å²) in [5, 5.41) is 3.78. The van der Waals surface area contributed by atoms with Crippen molar-refractivity contribution in [1.29, 1.82) is 0 Å². The van der Waals surface area contributed by atoms with Gasteiger partial charge in [-0.2, -0.15) is 0 Å². The molecule has 18 heavy (non-hydrogen) atoms. The monoisotopic (exact) mass is 279 g/mol. The van der Waals surface area contributed by atoms with Gasteiger partial charge in [0.25, 0.3) is 0 Å². The first-order valence-corrected chi connectivity index (χ1v) is 7.43. The van der Waals surface area contributed by atoms with E-state index in [0.29, 0.717) is 11.6 Å². The molecular weight excluding hydrogens is 266 g/mol. The quantitative estimate of drug-likeness (QED) is 0.791. The van der Waals surface area contributed by atoms with E-state index in [4.69, 9.17) is 11.6 Å². The minimum Gasteiger partial charge on any atom is -0.246 e. The van der Waals surface area contributed by atoms with Crippen molar-refractivity contribution in [3.05, 3.63) is 38.3 Å². The van der Waals surface area contributed by atoms with Gasteiger partial charge in [-0.05, 0) is 32.6 Å². The number of hydrogen-bond acceptors (Lipinski definition) is 4. The summed E-state index contributed by atoms with van der Waals surface area (Å²) in [5.41, 5.74) is 3.33. The Bertz CT molecular complexity index is 580. The molecule has 0 spiro atoms. The third-order valence-corrected chi connectivity index (χ3v) is 4.32. The fourth-order valence-corrected chi connectivity index (χ4v) is 3.24. The number of hydrogen-bond donors (Lipinski definition) is 0. The molecule has 0 saturated heterocycles. The van der Waals surface area contributed by atoms with Crippen LogP contribution in [0.2, 0.25) is 5.15 Å². The maximum Gasteiger partial charge on any atom is 0.136 e. The highest BCUT2D eigenvalue weighted by Crippen LogP contribution is 2.25. The highest BCUT2D eigenvalue weighted by Gasteiger charge is 2.17. The zero-order chi connectivity index (χ0) is 12.5. The topological polar surface area (TPSA) is 38.7 Å². The van der Waals surface area contributed by atoms with Crippen LogP contribution in [-0.4, -0.2) is 15.0 Å². The van der Waals surface area contributed by atoms with Crippen LogP contribution in [0, 0.1) is 6.92 Å². The van der Waals surface area contributed by atoms with E-state index in [-0.39, 0.29) is 0 Å². The number of nitrogens with zero attached hydrogens (tertiary/aromatic N) is 3. The van der Waals surface area contributed by atoms with Gasteiger partial charge in [-0.1, -0.05) is 11.6 Å². The average molecular weight is 280 g/mol. The van der Waals surface area contributed by atoms with Gasteiger partial charge >= 0.3 is 0 Å². The third kappa shape index (κ3) is 2.40. The molecule has 0 saturated carbocycles. The van der Waals surface area contributed by atoms with E-state index in [0.717, 1.165) is 40.6 Å². The SMILES string of the molecule is Cc1nc(Cc2nc(Cl)c3c(n2)CCCC3)cs1. The van der Waals surface area contributed by atoms with Crippen LogP contribution < -0.4 is 0 Å². The molecule has 5 heteroatoms. The molecule has 0 aliphatic heterocycles. The largest absolute Gasteiger partial charge is 0.246 e. The molecule has 0 atom stereocenters. The fraction of sp³-hybridized carbons (Fsp3) is 0.462. The molecule has 0 bridgehead atoms. The van der Waals surface area contributed by atoms with E-state index in [1.807, 2.05) is 6.92 Å². The Balaban J connectivity index is 1.91. The average Bonchev–Trinajstić information content (AvgIpc) is 2.75. The first-order valence-electron chi connectivity index (χ1n) is 6.17. The molecule has 3 rings (SSSR count). The summed E-state index contributed by atoms with van der Waals surface area (Å²) >= 11 is 7.91. The molecule has 0 radical (unpaired) electrons. The molecule has 0 amide bonds. The number of thiazole rings is 1. The van der Waals surface area contributed by atoms with Gasteiger partial charge in [-0.25, -0.2) is 15.0 Å². The normalized spacial score (nSPS) is 14.6. The van der Waals surface area contributed by atoms with Gasteiger partial charge in [0.05, 0.1) is 17.1 Å². The molecular formula is C13H14ClN3S. The van der Waals surface area contributed by atoms with E-state index in [1.54, 1.807) is 11.3 Å². The third-order valence-electron chi connectivity index (χ3n) is 3.18. The predicted octanol–water partition coefficient (Wildman–Crippen LogP) is 3.36. The molecule has 0 fully saturated rings. The van der Waals surface area contributed by atoms with Crippen molar-refractivity contribution in [2.24, 2.45) is 0 Å². The molecule has 0 unspecified atom stereocenters. The first kappa shape index (κ1) is 12.1. The molecule has 94 valence electrons. The van der Waals surface area contributed by atoms with Crippen molar-refractivity contribution < 1.29 is 0 Å². The van der Waals surface area contributed by atoms with Gasteiger partial charge in [-0.15, -0.1) is 11.3 Å². The summed E-state index contributed by atoms with van der Waals surface area (Å²) in [6, 6.07) is 0. The second kappa shape index (κ2) is 4.94. The minimum absolute atomic E-state index is 0.640. The van der Waals surface area contributed by atoms with Crippen LogP contribution in [0.3, 0.4) is 0 Å². The number of rotatable bonds is 2. The van der Waals surface area contributed by atoms with Gasteiger partial charge in [0, 0.05) is 16.6 Å². The molecule has 2 aromatic rings. The van der Waals surface area contributed by atoms with Crippen LogP contribution >= 0.6 is 22.9 Å². The van der Waals surface area contributed by atoms with Crippen molar-refractivity contribution >= 4 is 22.9 Å². The van der Waals surface area contributed by atoms with Crippen LogP contribution in [-0.2, 0) is 19.3 Å². The molecule has 2 heterocycles. The summed E-state index contributed by atoms with van der Waals surface area (Å²) < 4.78 is 0. The van der Waals surface area contributed by atoms with Crippen molar-refractivity contribution in [3.63, 3.8) is 0 Å². The van der Waals surface area contributed by atoms with Gasteiger partial charge in [0.2, 0.25) is 0 Å². The standard InChI is InChI=1S/C13H14ClN3S/c1-8-15-9(7-18-8)6-12-16-11-5-3-2-4-10(11)13(14)17-12/h7H,2-6H2,1H3. The molecule has 0 N–H and O–H groups in total. The summed E-state index contributed by atoms with van der Waals surface area (Å²) in [6.45, 7) is 2.01. The lowest BCUT2D eigenvalue weighted by molar-refractivity contribution is 0.655. The maximum atomic E-state index is 6.25. The van der Waals surface area contributed by atoms with E-state index < -0.39 is 0 Å². The Morgan fingerprint density at radius 2 is 2.06 bits per heavy atom. The number of aryl methyl sites for hydroxylation is 2. The van der Waals surface area contributed by atoms with Gasteiger partial charge in [0.1, 0.15) is 11.0 Å². The second-order valence-electron chi connectivity index (χ2n) is 4.60. The van der Waals surface area contributed by atoms with E-state index in [1.165, 1.54) is 12.8 Å². The van der Waals surface area contributed by atoms with Crippen molar-refractivity contribution in [2.75, 3.05) is 0 Å². The highest BCUT2D eigenvalue weighted by atomic mass is 35.5. The number of halogens is 1. The van der Waals surface area contributed by atoms with Gasteiger partial charge in [-0.3, -0.25) is 0 Å². The summed E-state index contributed by atoms with van der Waals surface area (Å²) in [7, 11) is 0. The molecule has 1 aliphatic carbocycles. The predicted molar refractivity (Wildman–Crippen MR) is 73.3 cm³/mol. The fourth-order valence-electron chi connectivity index (χ4n) is 2.33. The Hall–Kier alpha value is -1.00. The lowest BCUT2D eigenvalue weighted by Gasteiger charge is -2.16. The molecule has 3 nitrogen and oxygen atoms in total. The first-order chi connectivity index (χ1) is 8.72. The maximum absolute atomic E-state index is 6.25. The number of fused-ring (bicyclic) bond motifs is 1. The van der Waals surface area contributed by atoms with Crippen LogP contribution in [0.5, 0.6) is 0 Å². The minimum atomic E-state index is 0.640.